The summed E-state index contributed by atoms with van der Waals surface area (Å²) in [6.45, 7) is 13.3. The molecule has 0 aromatic rings. The number of piperidine rings is 1. The van der Waals surface area contributed by atoms with Gasteiger partial charge in [0, 0.05) is 19.6 Å². The Morgan fingerprint density at radius 1 is 1.42 bits per heavy atom. The van der Waals surface area contributed by atoms with E-state index in [1.165, 1.54) is 0 Å². The third-order valence-electron chi connectivity index (χ3n) is 3.86. The molecule has 0 radical (unpaired) electrons. The Hall–Kier alpha value is -1.56. The molecule has 0 aromatic heterocycles. The molecular weight excluding hydrogens is 308 g/mol. The summed E-state index contributed by atoms with van der Waals surface area (Å²) in [5.41, 5.74) is -0.473. The molecule has 0 saturated carbocycles. The van der Waals surface area contributed by atoms with Gasteiger partial charge in [-0.25, -0.2) is 4.79 Å². The lowest BCUT2D eigenvalue weighted by molar-refractivity contribution is -0.131. The van der Waals surface area contributed by atoms with Gasteiger partial charge in [0.2, 0.25) is 5.91 Å². The van der Waals surface area contributed by atoms with E-state index in [0.717, 1.165) is 25.8 Å². The normalized spacial score (nSPS) is 19.5. The molecule has 6 nitrogen and oxygen atoms in total. The fourth-order valence-electron chi connectivity index (χ4n) is 2.62. The van der Waals surface area contributed by atoms with Crippen LogP contribution in [0.1, 0.15) is 47.0 Å². The molecular formula is C18H32N2O4. The van der Waals surface area contributed by atoms with E-state index in [4.69, 9.17) is 9.47 Å². The van der Waals surface area contributed by atoms with Gasteiger partial charge >= 0.3 is 6.09 Å². The lowest BCUT2D eigenvalue weighted by atomic mass is 9.95. The van der Waals surface area contributed by atoms with Crippen molar-refractivity contribution in [3.63, 3.8) is 0 Å². The van der Waals surface area contributed by atoms with Crippen LogP contribution in [0.3, 0.4) is 0 Å². The number of nitrogens with zero attached hydrogens (tertiary/aromatic N) is 1. The van der Waals surface area contributed by atoms with Gasteiger partial charge in [-0.1, -0.05) is 6.08 Å². The van der Waals surface area contributed by atoms with E-state index < -0.39 is 11.7 Å². The van der Waals surface area contributed by atoms with Crippen LogP contribution in [0.15, 0.2) is 12.7 Å². The van der Waals surface area contributed by atoms with Crippen LogP contribution < -0.4 is 5.32 Å². The zero-order chi connectivity index (χ0) is 18.2. The molecule has 2 amide bonds. The summed E-state index contributed by atoms with van der Waals surface area (Å²) in [6, 6.07) is 0. The van der Waals surface area contributed by atoms with Crippen LogP contribution in [0.4, 0.5) is 4.79 Å². The van der Waals surface area contributed by atoms with Gasteiger partial charge in [0.05, 0.1) is 6.61 Å². The van der Waals surface area contributed by atoms with Gasteiger partial charge in [0.25, 0.3) is 0 Å². The predicted octanol–water partition coefficient (Wildman–Crippen LogP) is 2.73. The summed E-state index contributed by atoms with van der Waals surface area (Å²) >= 11 is 0. The average molecular weight is 340 g/mol. The Morgan fingerprint density at radius 3 is 2.75 bits per heavy atom. The molecule has 1 aliphatic rings. The first-order chi connectivity index (χ1) is 11.2. The smallest absolute Gasteiger partial charge is 0.410 e. The fourth-order valence-corrected chi connectivity index (χ4v) is 2.62. The molecule has 1 rings (SSSR count). The van der Waals surface area contributed by atoms with Gasteiger partial charge in [-0.2, -0.15) is 0 Å². The molecule has 138 valence electrons. The van der Waals surface area contributed by atoms with Crippen molar-refractivity contribution in [3.8, 4) is 0 Å². The number of carbonyl (C=O) groups is 2. The molecule has 1 fully saturated rings. The van der Waals surface area contributed by atoms with Crippen molar-refractivity contribution in [3.05, 3.63) is 12.7 Å². The number of likely N-dealkylation sites (tertiary alicyclic amines) is 1. The van der Waals surface area contributed by atoms with Crippen LogP contribution in [0.25, 0.3) is 0 Å². The van der Waals surface area contributed by atoms with E-state index >= 15 is 0 Å². The molecule has 1 heterocycles. The molecule has 2 atom stereocenters. The highest BCUT2D eigenvalue weighted by molar-refractivity contribution is 5.80. The lowest BCUT2D eigenvalue weighted by Gasteiger charge is -2.34. The Morgan fingerprint density at radius 2 is 2.12 bits per heavy atom. The number of hydrogen-bond acceptors (Lipinski definition) is 4. The average Bonchev–Trinajstić information content (AvgIpc) is 2.51. The third-order valence-corrected chi connectivity index (χ3v) is 3.86. The second kappa shape index (κ2) is 9.67. The summed E-state index contributed by atoms with van der Waals surface area (Å²) in [5.74, 6) is 0.271. The summed E-state index contributed by atoms with van der Waals surface area (Å²) < 4.78 is 10.7. The molecule has 1 N–H and O–H groups in total. The molecule has 24 heavy (non-hydrogen) atoms. The summed E-state index contributed by atoms with van der Waals surface area (Å²) in [7, 11) is 0. The van der Waals surface area contributed by atoms with Crippen molar-refractivity contribution >= 4 is 12.0 Å². The fraction of sp³-hybridized carbons (Fsp3) is 0.778. The second-order valence-electron chi connectivity index (χ2n) is 7.28. The van der Waals surface area contributed by atoms with Crippen LogP contribution in [0.5, 0.6) is 0 Å². The first-order valence-electron chi connectivity index (χ1n) is 8.71. The quantitative estimate of drug-likeness (QED) is 0.724. The molecule has 1 saturated heterocycles. The van der Waals surface area contributed by atoms with Gasteiger partial charge in [0.1, 0.15) is 11.7 Å². The van der Waals surface area contributed by atoms with Crippen LogP contribution in [0, 0.1) is 5.92 Å². The van der Waals surface area contributed by atoms with Gasteiger partial charge in [-0.15, -0.1) is 6.58 Å². The topological polar surface area (TPSA) is 67.9 Å². The number of amides is 2. The molecule has 0 bridgehead atoms. The first kappa shape index (κ1) is 20.5. The maximum absolute atomic E-state index is 12.1. The molecule has 1 aliphatic heterocycles. The van der Waals surface area contributed by atoms with E-state index in [0.29, 0.717) is 25.6 Å². The van der Waals surface area contributed by atoms with Crippen molar-refractivity contribution in [2.45, 2.75) is 58.7 Å². The Bertz CT molecular complexity index is 431. The minimum absolute atomic E-state index is 0.114. The predicted molar refractivity (Wildman–Crippen MR) is 93.8 cm³/mol. The highest BCUT2D eigenvalue weighted by Gasteiger charge is 2.27. The van der Waals surface area contributed by atoms with Crippen molar-refractivity contribution in [2.24, 2.45) is 5.92 Å². The maximum Gasteiger partial charge on any atom is 0.410 e. The van der Waals surface area contributed by atoms with E-state index in [2.05, 4.69) is 11.9 Å². The Balaban J connectivity index is 2.32. The van der Waals surface area contributed by atoms with Crippen LogP contribution in [0.2, 0.25) is 0 Å². The number of rotatable bonds is 7. The lowest BCUT2D eigenvalue weighted by Crippen LogP contribution is -2.43. The minimum atomic E-state index is -0.479. The van der Waals surface area contributed by atoms with Gasteiger partial charge in [-0.3, -0.25) is 4.79 Å². The standard InChI is InChI=1S/C18H32N2O4/c1-6-12-23-14(2)16(21)19-10-9-15-8-7-11-20(13-15)17(22)24-18(3,4)5/h6,14-15H,1,7-13H2,2-5H3,(H,19,21)/t14-,15-/m0/s1. The Labute approximate surface area is 145 Å². The van der Waals surface area contributed by atoms with Crippen molar-refractivity contribution in [1.29, 1.82) is 0 Å². The van der Waals surface area contributed by atoms with Crippen molar-refractivity contribution in [2.75, 3.05) is 26.2 Å². The van der Waals surface area contributed by atoms with Gasteiger partial charge in [0.15, 0.2) is 0 Å². The summed E-state index contributed by atoms with van der Waals surface area (Å²) in [4.78, 5) is 25.8. The minimum Gasteiger partial charge on any atom is -0.444 e. The molecule has 0 unspecified atom stereocenters. The second-order valence-corrected chi connectivity index (χ2v) is 7.28. The largest absolute Gasteiger partial charge is 0.444 e. The van der Waals surface area contributed by atoms with Crippen LogP contribution in [-0.2, 0) is 14.3 Å². The van der Waals surface area contributed by atoms with Gasteiger partial charge < -0.3 is 19.7 Å². The number of carbonyl (C=O) groups excluding carboxylic acids is 2. The molecule has 6 heteroatoms. The SMILES string of the molecule is C=CCO[C@@H](C)C(=O)NCC[C@@H]1CCCN(C(=O)OC(C)(C)C)C1. The van der Waals surface area contributed by atoms with E-state index in [1.54, 1.807) is 17.9 Å². The summed E-state index contributed by atoms with van der Waals surface area (Å²) in [6.07, 6.45) is 3.78. The van der Waals surface area contributed by atoms with E-state index in [-0.39, 0.29) is 12.0 Å². The van der Waals surface area contributed by atoms with Crippen molar-refractivity contribution < 1.29 is 19.1 Å². The third kappa shape index (κ3) is 7.81. The van der Waals surface area contributed by atoms with E-state index in [9.17, 15) is 9.59 Å². The number of hydrogen-bond donors (Lipinski definition) is 1. The highest BCUT2D eigenvalue weighted by Crippen LogP contribution is 2.21. The van der Waals surface area contributed by atoms with Crippen LogP contribution in [-0.4, -0.2) is 54.8 Å². The monoisotopic (exact) mass is 340 g/mol. The highest BCUT2D eigenvalue weighted by atomic mass is 16.6. The van der Waals surface area contributed by atoms with Crippen LogP contribution >= 0.6 is 0 Å². The first-order valence-corrected chi connectivity index (χ1v) is 8.71. The zero-order valence-electron chi connectivity index (χ0n) is 15.5. The van der Waals surface area contributed by atoms with Crippen molar-refractivity contribution in [1.82, 2.24) is 10.2 Å². The van der Waals surface area contributed by atoms with E-state index in [1.807, 2.05) is 20.8 Å². The summed E-state index contributed by atoms with van der Waals surface area (Å²) in [5, 5.41) is 2.89. The zero-order valence-corrected chi connectivity index (χ0v) is 15.5. The molecule has 0 spiro atoms. The molecule has 0 aromatic carbocycles. The molecule has 0 aliphatic carbocycles. The number of nitrogens with one attached hydrogen (secondary N) is 1. The van der Waals surface area contributed by atoms with Gasteiger partial charge in [-0.05, 0) is 52.9 Å². The Kier molecular flexibility index (Phi) is 8.25. The maximum atomic E-state index is 12.1. The number of ether oxygens (including phenoxy) is 2.